The highest BCUT2D eigenvalue weighted by Gasteiger charge is 2.41. The first-order valence-corrected chi connectivity index (χ1v) is 11.4. The van der Waals surface area contributed by atoms with E-state index in [-0.39, 0.29) is 12.0 Å². The van der Waals surface area contributed by atoms with Gasteiger partial charge in [0.1, 0.15) is 23.8 Å². The number of oxime groups is 1. The zero-order valence-electron chi connectivity index (χ0n) is 18.9. The lowest BCUT2D eigenvalue weighted by Gasteiger charge is -2.36. The lowest BCUT2D eigenvalue weighted by Crippen LogP contribution is -2.50. The van der Waals surface area contributed by atoms with E-state index in [0.717, 1.165) is 62.0 Å². The molecule has 5 rings (SSSR count). The fourth-order valence-electron chi connectivity index (χ4n) is 4.67. The van der Waals surface area contributed by atoms with Gasteiger partial charge >= 0.3 is 0 Å². The van der Waals surface area contributed by atoms with E-state index >= 15 is 0 Å². The normalized spacial score (nSPS) is 23.6. The van der Waals surface area contributed by atoms with Gasteiger partial charge in [0, 0.05) is 44.8 Å². The Kier molecular flexibility index (Phi) is 6.14. The molecule has 0 radical (unpaired) electrons. The summed E-state index contributed by atoms with van der Waals surface area (Å²) in [5, 5.41) is 4.45. The minimum atomic E-state index is 0.0381. The van der Waals surface area contributed by atoms with Crippen LogP contribution in [0.15, 0.2) is 59.8 Å². The van der Waals surface area contributed by atoms with Crippen molar-refractivity contribution in [1.82, 2.24) is 9.80 Å². The summed E-state index contributed by atoms with van der Waals surface area (Å²) in [4.78, 5) is 10.9. The van der Waals surface area contributed by atoms with Crippen LogP contribution in [-0.2, 0) is 4.84 Å². The number of allylic oxidation sites excluding steroid dienone is 1. The van der Waals surface area contributed by atoms with Gasteiger partial charge in [-0.3, -0.25) is 9.80 Å². The second-order valence-corrected chi connectivity index (χ2v) is 8.75. The van der Waals surface area contributed by atoms with Crippen molar-refractivity contribution in [2.24, 2.45) is 11.1 Å². The van der Waals surface area contributed by atoms with Gasteiger partial charge in [0.2, 0.25) is 0 Å². The highest BCUT2D eigenvalue weighted by Crippen LogP contribution is 2.36. The zero-order chi connectivity index (χ0) is 21.9. The molecule has 168 valence electrons. The van der Waals surface area contributed by atoms with E-state index in [0.29, 0.717) is 6.61 Å². The summed E-state index contributed by atoms with van der Waals surface area (Å²) >= 11 is 0. The van der Waals surface area contributed by atoms with Crippen LogP contribution in [0.4, 0.5) is 0 Å². The molecule has 6 nitrogen and oxygen atoms in total. The third-order valence-corrected chi connectivity index (χ3v) is 6.76. The van der Waals surface area contributed by atoms with Gasteiger partial charge in [-0.1, -0.05) is 41.6 Å². The second kappa shape index (κ2) is 9.35. The van der Waals surface area contributed by atoms with Crippen LogP contribution in [-0.4, -0.2) is 74.6 Å². The molecule has 0 aromatic heterocycles. The molecule has 1 saturated heterocycles. The molecule has 2 atom stereocenters. The minimum absolute atomic E-state index is 0.0381. The number of hydrogen-bond acceptors (Lipinski definition) is 6. The van der Waals surface area contributed by atoms with Gasteiger partial charge in [-0.2, -0.15) is 0 Å². The van der Waals surface area contributed by atoms with E-state index < -0.39 is 0 Å². The largest absolute Gasteiger partial charge is 0.497 e. The minimum Gasteiger partial charge on any atom is -0.497 e. The number of fused-ring (bicyclic) bond motifs is 3. The molecule has 3 heterocycles. The summed E-state index contributed by atoms with van der Waals surface area (Å²) < 4.78 is 11.4. The number of rotatable bonds is 6. The summed E-state index contributed by atoms with van der Waals surface area (Å²) in [5.74, 6) is 1.84. The van der Waals surface area contributed by atoms with Crippen LogP contribution >= 0.6 is 0 Å². The summed E-state index contributed by atoms with van der Waals surface area (Å²) in [6, 6.07) is 16.5. The Labute approximate surface area is 190 Å². The fraction of sp³-hybridized carbons (Fsp3) is 0.423. The topological polar surface area (TPSA) is 46.5 Å². The highest BCUT2D eigenvalue weighted by atomic mass is 16.6. The Morgan fingerprint density at radius 1 is 1.09 bits per heavy atom. The molecule has 2 aromatic rings. The summed E-state index contributed by atoms with van der Waals surface area (Å²) in [5.41, 5.74) is 4.63. The van der Waals surface area contributed by atoms with E-state index in [4.69, 9.17) is 14.3 Å². The Bertz CT molecular complexity index is 997. The van der Waals surface area contributed by atoms with Gasteiger partial charge in [0.25, 0.3) is 0 Å². The SMILES string of the molecule is COc1ccc2c(c1)C1=NO[C@@H](CN3CCN(C/C=C(\C)c4ccccc4)CC3)[C@@H]1CO2. The van der Waals surface area contributed by atoms with Gasteiger partial charge in [0.05, 0.1) is 13.0 Å². The Hall–Kier alpha value is -2.83. The smallest absolute Gasteiger partial charge is 0.151 e. The molecule has 0 aliphatic carbocycles. The van der Waals surface area contributed by atoms with Gasteiger partial charge in [-0.25, -0.2) is 0 Å². The molecule has 1 fully saturated rings. The first-order valence-electron chi connectivity index (χ1n) is 11.4. The van der Waals surface area contributed by atoms with E-state index in [1.54, 1.807) is 7.11 Å². The van der Waals surface area contributed by atoms with Crippen molar-refractivity contribution in [2.75, 3.05) is 53.0 Å². The molecule has 6 heteroatoms. The second-order valence-electron chi connectivity index (χ2n) is 8.75. The molecular formula is C26H31N3O3. The molecule has 0 unspecified atom stereocenters. The standard InChI is InChI=1S/C26H31N3O3/c1-19(20-6-4-3-5-7-20)10-11-28-12-14-29(15-13-28)17-25-23-18-31-24-9-8-21(30-2)16-22(24)26(23)27-32-25/h3-10,16,23,25H,11-15,17-18H2,1-2H3/b19-10+/t23-,25-/m0/s1. The number of benzene rings is 2. The van der Waals surface area contributed by atoms with Crippen LogP contribution in [0.5, 0.6) is 11.5 Å². The predicted molar refractivity (Wildman–Crippen MR) is 126 cm³/mol. The lowest BCUT2D eigenvalue weighted by molar-refractivity contribution is 0.0103. The zero-order valence-corrected chi connectivity index (χ0v) is 18.9. The molecule has 0 bridgehead atoms. The molecular weight excluding hydrogens is 402 g/mol. The van der Waals surface area contributed by atoms with Crippen molar-refractivity contribution in [2.45, 2.75) is 13.0 Å². The van der Waals surface area contributed by atoms with Gasteiger partial charge < -0.3 is 14.3 Å². The maximum Gasteiger partial charge on any atom is 0.151 e. The van der Waals surface area contributed by atoms with E-state index in [1.165, 1.54) is 11.1 Å². The van der Waals surface area contributed by atoms with Crippen LogP contribution in [0.1, 0.15) is 18.1 Å². The summed E-state index contributed by atoms with van der Waals surface area (Å²) in [7, 11) is 1.68. The molecule has 0 saturated carbocycles. The molecule has 0 N–H and O–H groups in total. The summed E-state index contributed by atoms with van der Waals surface area (Å²) in [6.07, 6.45) is 2.38. The van der Waals surface area contributed by atoms with E-state index in [2.05, 4.69) is 58.3 Å². The Morgan fingerprint density at radius 2 is 1.88 bits per heavy atom. The predicted octanol–water partition coefficient (Wildman–Crippen LogP) is 3.53. The molecule has 0 amide bonds. The number of piperazine rings is 1. The average Bonchev–Trinajstić information content (AvgIpc) is 3.26. The summed E-state index contributed by atoms with van der Waals surface area (Å²) in [6.45, 7) is 8.92. The van der Waals surface area contributed by atoms with E-state index in [1.807, 2.05) is 18.2 Å². The van der Waals surface area contributed by atoms with Gasteiger partial charge in [-0.15, -0.1) is 0 Å². The van der Waals surface area contributed by atoms with Crippen molar-refractivity contribution in [3.8, 4) is 11.5 Å². The monoisotopic (exact) mass is 433 g/mol. The Balaban J connectivity index is 1.13. The average molecular weight is 434 g/mol. The van der Waals surface area contributed by atoms with Crippen LogP contribution in [0.3, 0.4) is 0 Å². The lowest BCUT2D eigenvalue weighted by atomic mass is 9.90. The van der Waals surface area contributed by atoms with Crippen molar-refractivity contribution >= 4 is 11.3 Å². The maximum atomic E-state index is 6.01. The number of methoxy groups -OCH3 is 1. The van der Waals surface area contributed by atoms with Crippen LogP contribution in [0.2, 0.25) is 0 Å². The van der Waals surface area contributed by atoms with Crippen LogP contribution < -0.4 is 9.47 Å². The molecule has 3 aliphatic heterocycles. The number of nitrogens with zero attached hydrogens (tertiary/aromatic N) is 3. The van der Waals surface area contributed by atoms with Gasteiger partial charge in [0.15, 0.2) is 6.10 Å². The van der Waals surface area contributed by atoms with Crippen molar-refractivity contribution in [3.05, 3.63) is 65.7 Å². The quantitative estimate of drug-likeness (QED) is 0.698. The third-order valence-electron chi connectivity index (χ3n) is 6.76. The number of ether oxygens (including phenoxy) is 2. The van der Waals surface area contributed by atoms with Crippen molar-refractivity contribution < 1.29 is 14.3 Å². The van der Waals surface area contributed by atoms with Crippen LogP contribution in [0, 0.1) is 5.92 Å². The van der Waals surface area contributed by atoms with Crippen molar-refractivity contribution in [3.63, 3.8) is 0 Å². The highest BCUT2D eigenvalue weighted by molar-refractivity contribution is 6.06. The fourth-order valence-corrected chi connectivity index (χ4v) is 4.67. The first-order chi connectivity index (χ1) is 15.7. The molecule has 32 heavy (non-hydrogen) atoms. The van der Waals surface area contributed by atoms with E-state index in [9.17, 15) is 0 Å². The van der Waals surface area contributed by atoms with Gasteiger partial charge in [-0.05, 0) is 36.3 Å². The van der Waals surface area contributed by atoms with Crippen LogP contribution in [0.25, 0.3) is 5.57 Å². The number of hydrogen-bond donors (Lipinski definition) is 0. The Morgan fingerprint density at radius 3 is 2.66 bits per heavy atom. The molecule has 0 spiro atoms. The third kappa shape index (κ3) is 4.38. The van der Waals surface area contributed by atoms with Crippen molar-refractivity contribution in [1.29, 1.82) is 0 Å². The molecule has 3 aliphatic rings. The first kappa shape index (κ1) is 21.0. The maximum absolute atomic E-state index is 6.01. The molecule has 2 aromatic carbocycles.